The number of nitrogens with one attached hydrogen (secondary N) is 1. The van der Waals surface area contributed by atoms with Crippen molar-refractivity contribution >= 4 is 0 Å². The smallest absolute Gasteiger partial charge is 0.161 e. The van der Waals surface area contributed by atoms with E-state index in [1.165, 1.54) is 31.2 Å². The van der Waals surface area contributed by atoms with Crippen LogP contribution in [0.4, 0.5) is 0 Å². The van der Waals surface area contributed by atoms with Crippen molar-refractivity contribution < 1.29 is 9.47 Å². The Morgan fingerprint density at radius 3 is 2.78 bits per heavy atom. The molecular formula is C15H21NO2. The number of rotatable bonds is 5. The van der Waals surface area contributed by atoms with Crippen molar-refractivity contribution in [3.8, 4) is 11.5 Å². The molecule has 2 aliphatic rings. The molecule has 0 spiro atoms. The number of ether oxygens (including phenoxy) is 2. The lowest BCUT2D eigenvalue weighted by Crippen LogP contribution is -2.23. The van der Waals surface area contributed by atoms with Crippen LogP contribution in [0.15, 0.2) is 18.2 Å². The third-order valence-corrected chi connectivity index (χ3v) is 3.69. The van der Waals surface area contributed by atoms with Crippen LogP contribution < -0.4 is 14.8 Å². The van der Waals surface area contributed by atoms with E-state index in [1.54, 1.807) is 7.11 Å². The average molecular weight is 247 g/mol. The second-order valence-corrected chi connectivity index (χ2v) is 5.30. The highest BCUT2D eigenvalue weighted by molar-refractivity contribution is 5.43. The topological polar surface area (TPSA) is 30.5 Å². The minimum Gasteiger partial charge on any atom is -0.493 e. The van der Waals surface area contributed by atoms with Gasteiger partial charge in [-0.2, -0.15) is 0 Å². The van der Waals surface area contributed by atoms with Gasteiger partial charge >= 0.3 is 0 Å². The van der Waals surface area contributed by atoms with Crippen molar-refractivity contribution in [2.24, 2.45) is 0 Å². The van der Waals surface area contributed by atoms with Crippen LogP contribution in [0.5, 0.6) is 11.5 Å². The monoisotopic (exact) mass is 247 g/mol. The van der Waals surface area contributed by atoms with Crippen molar-refractivity contribution in [1.29, 1.82) is 0 Å². The zero-order valence-electron chi connectivity index (χ0n) is 10.9. The summed E-state index contributed by atoms with van der Waals surface area (Å²) in [5.41, 5.74) is 1.33. The number of benzene rings is 1. The van der Waals surface area contributed by atoms with Gasteiger partial charge in [-0.1, -0.05) is 6.07 Å². The first-order valence-corrected chi connectivity index (χ1v) is 6.92. The molecule has 98 valence electrons. The highest BCUT2D eigenvalue weighted by Crippen LogP contribution is 2.34. The zero-order valence-corrected chi connectivity index (χ0v) is 10.9. The molecule has 0 amide bonds. The SMILES string of the molecule is COc1cc(CC2CCCN2)ccc1OC1CC1. The molecule has 1 saturated heterocycles. The molecule has 1 heterocycles. The summed E-state index contributed by atoms with van der Waals surface area (Å²) in [6.07, 6.45) is 6.43. The molecule has 1 N–H and O–H groups in total. The third-order valence-electron chi connectivity index (χ3n) is 3.69. The number of hydrogen-bond acceptors (Lipinski definition) is 3. The molecule has 3 nitrogen and oxygen atoms in total. The lowest BCUT2D eigenvalue weighted by molar-refractivity contribution is 0.282. The van der Waals surface area contributed by atoms with Crippen molar-refractivity contribution in [3.63, 3.8) is 0 Å². The Morgan fingerprint density at radius 2 is 2.11 bits per heavy atom. The maximum Gasteiger partial charge on any atom is 0.161 e. The molecule has 1 aromatic rings. The van der Waals surface area contributed by atoms with Gasteiger partial charge in [0, 0.05) is 6.04 Å². The van der Waals surface area contributed by atoms with E-state index in [4.69, 9.17) is 9.47 Å². The predicted molar refractivity (Wildman–Crippen MR) is 71.4 cm³/mol. The fraction of sp³-hybridized carbons (Fsp3) is 0.600. The normalized spacial score (nSPS) is 23.1. The third kappa shape index (κ3) is 2.78. The lowest BCUT2D eigenvalue weighted by atomic mass is 10.0. The Morgan fingerprint density at radius 1 is 1.22 bits per heavy atom. The molecule has 1 aromatic carbocycles. The summed E-state index contributed by atoms with van der Waals surface area (Å²) in [5.74, 6) is 1.76. The summed E-state index contributed by atoms with van der Waals surface area (Å²) in [6.45, 7) is 1.16. The molecule has 3 rings (SSSR count). The molecule has 1 atom stereocenters. The minimum atomic E-state index is 0.418. The first-order chi connectivity index (χ1) is 8.85. The summed E-state index contributed by atoms with van der Waals surface area (Å²) in [4.78, 5) is 0. The van der Waals surface area contributed by atoms with Crippen LogP contribution in [0.1, 0.15) is 31.2 Å². The van der Waals surface area contributed by atoms with Gasteiger partial charge in [-0.3, -0.25) is 0 Å². The second kappa shape index (κ2) is 5.19. The van der Waals surface area contributed by atoms with Crippen LogP contribution in [0.2, 0.25) is 0 Å². The molecule has 0 radical (unpaired) electrons. The van der Waals surface area contributed by atoms with Gasteiger partial charge in [-0.05, 0) is 56.3 Å². The molecule has 1 saturated carbocycles. The van der Waals surface area contributed by atoms with Gasteiger partial charge in [0.1, 0.15) is 0 Å². The van der Waals surface area contributed by atoms with Crippen LogP contribution in [-0.2, 0) is 6.42 Å². The Kier molecular flexibility index (Phi) is 3.41. The van der Waals surface area contributed by atoms with E-state index in [1.807, 2.05) is 0 Å². The first kappa shape index (κ1) is 11.8. The summed E-state index contributed by atoms with van der Waals surface area (Å²) < 4.78 is 11.3. The Labute approximate surface area is 108 Å². The largest absolute Gasteiger partial charge is 0.493 e. The van der Waals surface area contributed by atoms with E-state index in [-0.39, 0.29) is 0 Å². The van der Waals surface area contributed by atoms with Gasteiger partial charge in [0.15, 0.2) is 11.5 Å². The molecule has 1 aliphatic carbocycles. The molecule has 0 aromatic heterocycles. The van der Waals surface area contributed by atoms with Crippen LogP contribution in [0.25, 0.3) is 0 Å². The summed E-state index contributed by atoms with van der Waals surface area (Å²) in [6, 6.07) is 6.98. The van der Waals surface area contributed by atoms with Crippen molar-refractivity contribution in [2.75, 3.05) is 13.7 Å². The van der Waals surface area contributed by atoms with Crippen molar-refractivity contribution in [1.82, 2.24) is 5.32 Å². The van der Waals surface area contributed by atoms with E-state index in [0.717, 1.165) is 24.5 Å². The lowest BCUT2D eigenvalue weighted by Gasteiger charge is -2.14. The Bertz CT molecular complexity index is 409. The first-order valence-electron chi connectivity index (χ1n) is 6.92. The highest BCUT2D eigenvalue weighted by atomic mass is 16.5. The van der Waals surface area contributed by atoms with E-state index >= 15 is 0 Å². The van der Waals surface area contributed by atoms with Crippen LogP contribution >= 0.6 is 0 Å². The Hall–Kier alpha value is -1.22. The van der Waals surface area contributed by atoms with Crippen molar-refractivity contribution in [3.05, 3.63) is 23.8 Å². The second-order valence-electron chi connectivity index (χ2n) is 5.30. The van der Waals surface area contributed by atoms with Gasteiger partial charge < -0.3 is 14.8 Å². The number of methoxy groups -OCH3 is 1. The highest BCUT2D eigenvalue weighted by Gasteiger charge is 2.25. The van der Waals surface area contributed by atoms with Crippen LogP contribution in [0.3, 0.4) is 0 Å². The molecule has 0 bridgehead atoms. The van der Waals surface area contributed by atoms with Crippen LogP contribution in [0, 0.1) is 0 Å². The summed E-state index contributed by atoms with van der Waals surface area (Å²) in [5, 5.41) is 3.53. The zero-order chi connectivity index (χ0) is 12.4. The van der Waals surface area contributed by atoms with Gasteiger partial charge in [0.25, 0.3) is 0 Å². The maximum atomic E-state index is 5.83. The summed E-state index contributed by atoms with van der Waals surface area (Å²) >= 11 is 0. The van der Waals surface area contributed by atoms with Gasteiger partial charge in [-0.15, -0.1) is 0 Å². The molecule has 18 heavy (non-hydrogen) atoms. The van der Waals surface area contributed by atoms with Gasteiger partial charge in [-0.25, -0.2) is 0 Å². The fourth-order valence-corrected chi connectivity index (χ4v) is 2.52. The minimum absolute atomic E-state index is 0.418. The van der Waals surface area contributed by atoms with Gasteiger partial charge in [0.2, 0.25) is 0 Å². The fourth-order valence-electron chi connectivity index (χ4n) is 2.52. The van der Waals surface area contributed by atoms with E-state index in [9.17, 15) is 0 Å². The van der Waals surface area contributed by atoms with E-state index < -0.39 is 0 Å². The van der Waals surface area contributed by atoms with Gasteiger partial charge in [0.05, 0.1) is 13.2 Å². The van der Waals surface area contributed by atoms with E-state index in [2.05, 4.69) is 23.5 Å². The van der Waals surface area contributed by atoms with Crippen LogP contribution in [-0.4, -0.2) is 25.8 Å². The predicted octanol–water partition coefficient (Wildman–Crippen LogP) is 2.53. The molecule has 3 heteroatoms. The van der Waals surface area contributed by atoms with Crippen molar-refractivity contribution in [2.45, 2.75) is 44.2 Å². The maximum absolute atomic E-state index is 5.83. The Balaban J connectivity index is 1.70. The molecular weight excluding hydrogens is 226 g/mol. The standard InChI is InChI=1S/C15H21NO2/c1-17-15-10-11(9-12-3-2-8-16-12)4-7-14(15)18-13-5-6-13/h4,7,10,12-13,16H,2-3,5-6,8-9H2,1H3. The number of hydrogen-bond donors (Lipinski definition) is 1. The molecule has 2 fully saturated rings. The van der Waals surface area contributed by atoms with E-state index in [0.29, 0.717) is 12.1 Å². The average Bonchev–Trinajstić information content (AvgIpc) is 3.06. The summed E-state index contributed by atoms with van der Waals surface area (Å²) in [7, 11) is 1.71. The molecule has 1 aliphatic heterocycles. The quantitative estimate of drug-likeness (QED) is 0.867. The molecule has 1 unspecified atom stereocenters.